The topological polar surface area (TPSA) is 118 Å². The predicted molar refractivity (Wildman–Crippen MR) is 105 cm³/mol. The van der Waals surface area contributed by atoms with Crippen LogP contribution in [-0.2, 0) is 0 Å². The van der Waals surface area contributed by atoms with E-state index in [1.807, 2.05) is 0 Å². The van der Waals surface area contributed by atoms with Gasteiger partial charge in [0.1, 0.15) is 11.5 Å². The standard InChI is InChI=1S/C20H22N2O5/c1-26-17-7-3-5-14(19(17)21)18-10-16(25)13-4-2-6-15(20(13)27-18)22-9-8-12(24)11-23/h2-7,10,12,22-24H,8-9,11,21H2,1H3/t12-/m0/s1. The molecule has 0 saturated heterocycles. The average Bonchev–Trinajstić information content (AvgIpc) is 2.68. The Balaban J connectivity index is 2.05. The second-order valence-corrected chi connectivity index (χ2v) is 6.13. The molecule has 2 aromatic carbocycles. The van der Waals surface area contributed by atoms with Crippen molar-refractivity contribution in [3.8, 4) is 17.1 Å². The Morgan fingerprint density at radius 3 is 2.78 bits per heavy atom. The van der Waals surface area contributed by atoms with E-state index in [0.29, 0.717) is 52.4 Å². The summed E-state index contributed by atoms with van der Waals surface area (Å²) >= 11 is 0. The first kappa shape index (κ1) is 18.8. The number of aliphatic hydroxyl groups is 2. The predicted octanol–water partition coefficient (Wildman–Crippen LogP) is 2.21. The lowest BCUT2D eigenvalue weighted by Gasteiger charge is -2.13. The number of hydrogen-bond donors (Lipinski definition) is 4. The number of methoxy groups -OCH3 is 1. The number of anilines is 2. The molecule has 0 fully saturated rings. The fourth-order valence-corrected chi connectivity index (χ4v) is 2.85. The monoisotopic (exact) mass is 370 g/mol. The van der Waals surface area contributed by atoms with Crippen LogP contribution in [0.4, 0.5) is 11.4 Å². The molecule has 0 saturated carbocycles. The largest absolute Gasteiger partial charge is 0.495 e. The third-order valence-corrected chi connectivity index (χ3v) is 4.31. The highest BCUT2D eigenvalue weighted by Gasteiger charge is 2.14. The van der Waals surface area contributed by atoms with E-state index < -0.39 is 6.10 Å². The van der Waals surface area contributed by atoms with Crippen molar-refractivity contribution in [3.05, 3.63) is 52.7 Å². The molecule has 0 aliphatic rings. The van der Waals surface area contributed by atoms with Crippen LogP contribution in [0.15, 0.2) is 51.7 Å². The fourth-order valence-electron chi connectivity index (χ4n) is 2.85. The van der Waals surface area contributed by atoms with Gasteiger partial charge in [0.2, 0.25) is 0 Å². The summed E-state index contributed by atoms with van der Waals surface area (Å²) in [7, 11) is 1.52. The number of fused-ring (bicyclic) bond motifs is 1. The van der Waals surface area contributed by atoms with Crippen molar-refractivity contribution in [2.24, 2.45) is 0 Å². The van der Waals surface area contributed by atoms with Crippen LogP contribution in [0, 0.1) is 0 Å². The lowest BCUT2D eigenvalue weighted by atomic mass is 10.1. The molecule has 1 aromatic heterocycles. The Morgan fingerprint density at radius 1 is 1.26 bits per heavy atom. The number of nitrogens with one attached hydrogen (secondary N) is 1. The Morgan fingerprint density at radius 2 is 2.04 bits per heavy atom. The van der Waals surface area contributed by atoms with Crippen LogP contribution in [0.25, 0.3) is 22.3 Å². The molecule has 0 spiro atoms. The lowest BCUT2D eigenvalue weighted by molar-refractivity contribution is 0.0911. The molecule has 1 atom stereocenters. The molecular formula is C20H22N2O5. The number of aliphatic hydroxyl groups excluding tert-OH is 2. The van der Waals surface area contributed by atoms with Gasteiger partial charge in [-0.3, -0.25) is 4.79 Å². The maximum absolute atomic E-state index is 12.6. The Bertz CT molecular complexity index is 999. The molecule has 0 radical (unpaired) electrons. The van der Waals surface area contributed by atoms with Gasteiger partial charge in [0.25, 0.3) is 0 Å². The molecule has 7 nitrogen and oxygen atoms in total. The van der Waals surface area contributed by atoms with Gasteiger partial charge in [0.15, 0.2) is 11.0 Å². The van der Waals surface area contributed by atoms with Crippen molar-refractivity contribution in [2.75, 3.05) is 31.3 Å². The average molecular weight is 370 g/mol. The van der Waals surface area contributed by atoms with Gasteiger partial charge < -0.3 is 30.4 Å². The van der Waals surface area contributed by atoms with Gasteiger partial charge in [-0.05, 0) is 30.7 Å². The molecule has 0 aliphatic carbocycles. The molecule has 0 aliphatic heterocycles. The first-order chi connectivity index (χ1) is 13.0. The highest BCUT2D eigenvalue weighted by Crippen LogP contribution is 2.34. The number of para-hydroxylation sites is 2. The maximum Gasteiger partial charge on any atom is 0.193 e. The summed E-state index contributed by atoms with van der Waals surface area (Å²) in [5.74, 6) is 0.841. The van der Waals surface area contributed by atoms with Gasteiger partial charge in [-0.1, -0.05) is 12.1 Å². The van der Waals surface area contributed by atoms with E-state index in [0.717, 1.165) is 0 Å². The van der Waals surface area contributed by atoms with E-state index in [1.54, 1.807) is 36.4 Å². The summed E-state index contributed by atoms with van der Waals surface area (Å²) in [4.78, 5) is 12.6. The number of ether oxygens (including phenoxy) is 1. The third kappa shape index (κ3) is 3.89. The van der Waals surface area contributed by atoms with Crippen molar-refractivity contribution >= 4 is 22.3 Å². The van der Waals surface area contributed by atoms with Crippen molar-refractivity contribution in [2.45, 2.75) is 12.5 Å². The van der Waals surface area contributed by atoms with Crippen molar-refractivity contribution in [1.82, 2.24) is 0 Å². The minimum absolute atomic E-state index is 0.187. The summed E-state index contributed by atoms with van der Waals surface area (Å²) in [6.07, 6.45) is -0.439. The molecule has 0 amide bonds. The van der Waals surface area contributed by atoms with Gasteiger partial charge in [0, 0.05) is 18.2 Å². The van der Waals surface area contributed by atoms with Crippen LogP contribution in [0.1, 0.15) is 6.42 Å². The van der Waals surface area contributed by atoms with Gasteiger partial charge >= 0.3 is 0 Å². The first-order valence-electron chi connectivity index (χ1n) is 8.57. The molecule has 27 heavy (non-hydrogen) atoms. The SMILES string of the molecule is COc1cccc(-c2cc(=O)c3cccc(NCC[C@H](O)CO)c3o2)c1N. The first-order valence-corrected chi connectivity index (χ1v) is 8.57. The summed E-state index contributed by atoms with van der Waals surface area (Å²) < 4.78 is 11.2. The van der Waals surface area contributed by atoms with Gasteiger partial charge in [-0.25, -0.2) is 0 Å². The quantitative estimate of drug-likeness (QED) is 0.471. The number of hydrogen-bond acceptors (Lipinski definition) is 7. The molecule has 3 aromatic rings. The van der Waals surface area contributed by atoms with E-state index in [1.165, 1.54) is 13.2 Å². The van der Waals surface area contributed by atoms with Crippen LogP contribution in [0.5, 0.6) is 5.75 Å². The van der Waals surface area contributed by atoms with Crippen molar-refractivity contribution < 1.29 is 19.4 Å². The van der Waals surface area contributed by atoms with Crippen LogP contribution >= 0.6 is 0 Å². The molecule has 0 bridgehead atoms. The molecule has 5 N–H and O–H groups in total. The highest BCUT2D eigenvalue weighted by molar-refractivity contribution is 5.90. The normalized spacial score (nSPS) is 12.1. The van der Waals surface area contributed by atoms with E-state index >= 15 is 0 Å². The Labute approximate surface area is 156 Å². The Kier molecular flexibility index (Phi) is 5.63. The van der Waals surface area contributed by atoms with Crippen LogP contribution in [0.2, 0.25) is 0 Å². The molecule has 0 unspecified atom stereocenters. The van der Waals surface area contributed by atoms with Crippen LogP contribution in [-0.4, -0.2) is 36.6 Å². The smallest absolute Gasteiger partial charge is 0.193 e. The van der Waals surface area contributed by atoms with Gasteiger partial charge in [0.05, 0.1) is 36.6 Å². The third-order valence-electron chi connectivity index (χ3n) is 4.31. The molecule has 1 heterocycles. The second-order valence-electron chi connectivity index (χ2n) is 6.13. The van der Waals surface area contributed by atoms with Crippen molar-refractivity contribution in [1.29, 1.82) is 0 Å². The molecule has 3 rings (SSSR count). The number of nitrogen functional groups attached to an aromatic ring is 1. The van der Waals surface area contributed by atoms with E-state index in [2.05, 4.69) is 5.32 Å². The minimum Gasteiger partial charge on any atom is -0.495 e. The zero-order chi connectivity index (χ0) is 19.4. The summed E-state index contributed by atoms with van der Waals surface area (Å²) in [6.45, 7) is 0.113. The molecule has 142 valence electrons. The summed E-state index contributed by atoms with van der Waals surface area (Å²) in [5.41, 5.74) is 7.93. The van der Waals surface area contributed by atoms with Crippen molar-refractivity contribution in [3.63, 3.8) is 0 Å². The second kappa shape index (κ2) is 8.11. The van der Waals surface area contributed by atoms with E-state index in [4.69, 9.17) is 20.0 Å². The zero-order valence-electron chi connectivity index (χ0n) is 14.9. The highest BCUT2D eigenvalue weighted by atomic mass is 16.5. The number of nitrogens with two attached hydrogens (primary N) is 1. The maximum atomic E-state index is 12.6. The summed E-state index contributed by atoms with van der Waals surface area (Å²) in [5, 5.41) is 22.0. The number of rotatable bonds is 7. The van der Waals surface area contributed by atoms with Gasteiger partial charge in [-0.15, -0.1) is 0 Å². The van der Waals surface area contributed by atoms with Crippen LogP contribution in [0.3, 0.4) is 0 Å². The minimum atomic E-state index is -0.799. The van der Waals surface area contributed by atoms with Crippen LogP contribution < -0.4 is 21.2 Å². The summed E-state index contributed by atoms with van der Waals surface area (Å²) in [6, 6.07) is 11.9. The molecule has 7 heteroatoms. The van der Waals surface area contributed by atoms with Gasteiger partial charge in [-0.2, -0.15) is 0 Å². The Hall–Kier alpha value is -3.03. The fraction of sp³-hybridized carbons (Fsp3) is 0.250. The lowest BCUT2D eigenvalue weighted by Crippen LogP contribution is -2.17. The zero-order valence-corrected chi connectivity index (χ0v) is 14.9. The number of benzene rings is 2. The van der Waals surface area contributed by atoms with E-state index in [-0.39, 0.29) is 12.0 Å². The van der Waals surface area contributed by atoms with E-state index in [9.17, 15) is 9.90 Å². The molecular weight excluding hydrogens is 348 g/mol.